The molecule has 1 amide bonds. The number of carbonyl (C=O) groups excluding carboxylic acids is 1. The maximum absolute atomic E-state index is 12.3. The van der Waals surface area contributed by atoms with E-state index in [2.05, 4.69) is 15.5 Å². The van der Waals surface area contributed by atoms with Gasteiger partial charge in [0, 0.05) is 37.2 Å². The lowest BCUT2D eigenvalue weighted by Gasteiger charge is -2.07. The summed E-state index contributed by atoms with van der Waals surface area (Å²) in [5, 5.41) is 11.5. The van der Waals surface area contributed by atoms with Gasteiger partial charge in [0.2, 0.25) is 0 Å². The Balaban J connectivity index is 1.59. The van der Waals surface area contributed by atoms with Gasteiger partial charge in [-0.1, -0.05) is 0 Å². The summed E-state index contributed by atoms with van der Waals surface area (Å²) in [5.41, 5.74) is 4.94. The van der Waals surface area contributed by atoms with Crippen molar-refractivity contribution in [2.75, 3.05) is 6.54 Å². The van der Waals surface area contributed by atoms with Crippen LogP contribution in [0, 0.1) is 13.8 Å². The van der Waals surface area contributed by atoms with E-state index in [-0.39, 0.29) is 5.91 Å². The Labute approximate surface area is 141 Å². The molecule has 0 bridgehead atoms. The topological polar surface area (TPSA) is 64.7 Å². The Hall–Kier alpha value is -2.89. The van der Waals surface area contributed by atoms with Crippen molar-refractivity contribution < 1.29 is 4.79 Å². The van der Waals surface area contributed by atoms with Crippen molar-refractivity contribution in [3.05, 3.63) is 65.2 Å². The highest BCUT2D eigenvalue weighted by atomic mass is 16.1. The second-order valence-electron chi connectivity index (χ2n) is 5.78. The van der Waals surface area contributed by atoms with Crippen molar-refractivity contribution in [3.8, 4) is 5.69 Å². The van der Waals surface area contributed by atoms with Crippen molar-refractivity contribution >= 4 is 5.91 Å². The zero-order valence-electron chi connectivity index (χ0n) is 14.2. The fourth-order valence-electron chi connectivity index (χ4n) is 2.77. The number of hydrogen-bond donors (Lipinski definition) is 1. The predicted octanol–water partition coefficient (Wildman–Crippen LogP) is 2.20. The molecule has 24 heavy (non-hydrogen) atoms. The number of hydrogen-bond acceptors (Lipinski definition) is 3. The van der Waals surface area contributed by atoms with Crippen LogP contribution in [0.4, 0.5) is 0 Å². The molecule has 1 aromatic carbocycles. The van der Waals surface area contributed by atoms with Crippen LogP contribution in [0.5, 0.6) is 0 Å². The number of nitrogens with zero attached hydrogens (tertiary/aromatic N) is 4. The Morgan fingerprint density at radius 1 is 1.21 bits per heavy atom. The summed E-state index contributed by atoms with van der Waals surface area (Å²) in [7, 11) is 1.94. The second kappa shape index (κ2) is 6.70. The third-order valence-corrected chi connectivity index (χ3v) is 4.22. The highest BCUT2D eigenvalue weighted by molar-refractivity contribution is 5.94. The van der Waals surface area contributed by atoms with Gasteiger partial charge in [0.1, 0.15) is 0 Å². The molecule has 0 aliphatic rings. The first-order valence-corrected chi connectivity index (χ1v) is 7.93. The number of rotatable bonds is 5. The van der Waals surface area contributed by atoms with Gasteiger partial charge in [0.05, 0.1) is 11.4 Å². The molecule has 1 N–H and O–H groups in total. The fourth-order valence-corrected chi connectivity index (χ4v) is 2.77. The van der Waals surface area contributed by atoms with E-state index >= 15 is 0 Å². The lowest BCUT2D eigenvalue weighted by Crippen LogP contribution is -2.25. The summed E-state index contributed by atoms with van der Waals surface area (Å²) in [4.78, 5) is 12.3. The average molecular weight is 323 g/mol. The highest BCUT2D eigenvalue weighted by Gasteiger charge is 2.10. The van der Waals surface area contributed by atoms with Crippen LogP contribution in [0.1, 0.15) is 27.3 Å². The van der Waals surface area contributed by atoms with Gasteiger partial charge < -0.3 is 5.32 Å². The Kier molecular flexibility index (Phi) is 4.46. The van der Waals surface area contributed by atoms with Crippen LogP contribution < -0.4 is 5.32 Å². The van der Waals surface area contributed by atoms with Gasteiger partial charge in [-0.2, -0.15) is 10.2 Å². The number of amides is 1. The van der Waals surface area contributed by atoms with E-state index in [4.69, 9.17) is 0 Å². The molecule has 6 heteroatoms. The second-order valence-corrected chi connectivity index (χ2v) is 5.78. The summed E-state index contributed by atoms with van der Waals surface area (Å²) < 4.78 is 3.64. The molecule has 0 saturated carbocycles. The van der Waals surface area contributed by atoms with Gasteiger partial charge >= 0.3 is 0 Å². The monoisotopic (exact) mass is 323 g/mol. The maximum Gasteiger partial charge on any atom is 0.251 e. The third-order valence-electron chi connectivity index (χ3n) is 4.22. The largest absolute Gasteiger partial charge is 0.352 e. The normalized spacial score (nSPS) is 10.8. The molecule has 0 radical (unpaired) electrons. The molecule has 3 aromatic rings. The first-order chi connectivity index (χ1) is 11.6. The van der Waals surface area contributed by atoms with E-state index in [1.807, 2.05) is 62.1 Å². The van der Waals surface area contributed by atoms with Crippen LogP contribution in [0.2, 0.25) is 0 Å². The van der Waals surface area contributed by atoms with Crippen LogP contribution in [0.25, 0.3) is 5.69 Å². The molecule has 0 unspecified atom stereocenters. The molecular formula is C18H21N5O. The summed E-state index contributed by atoms with van der Waals surface area (Å²) in [6.07, 6.45) is 4.37. The Morgan fingerprint density at radius 2 is 1.96 bits per heavy atom. The van der Waals surface area contributed by atoms with Crippen LogP contribution in [-0.2, 0) is 13.5 Å². The minimum absolute atomic E-state index is 0.0683. The first-order valence-electron chi connectivity index (χ1n) is 7.93. The molecule has 2 heterocycles. The molecule has 3 rings (SSSR count). The van der Waals surface area contributed by atoms with Gasteiger partial charge in [-0.25, -0.2) is 4.68 Å². The Bertz CT molecular complexity index is 831. The Morgan fingerprint density at radius 3 is 2.54 bits per heavy atom. The summed E-state index contributed by atoms with van der Waals surface area (Å²) >= 11 is 0. The van der Waals surface area contributed by atoms with E-state index in [0.29, 0.717) is 12.1 Å². The molecule has 124 valence electrons. The molecule has 0 atom stereocenters. The van der Waals surface area contributed by atoms with E-state index < -0.39 is 0 Å². The van der Waals surface area contributed by atoms with E-state index in [1.54, 1.807) is 10.9 Å². The fraction of sp³-hybridized carbons (Fsp3) is 0.278. The van der Waals surface area contributed by atoms with Crippen LogP contribution in [-0.4, -0.2) is 32.0 Å². The minimum atomic E-state index is -0.0683. The number of carbonyl (C=O) groups is 1. The summed E-state index contributed by atoms with van der Waals surface area (Å²) in [5.74, 6) is -0.0683. The van der Waals surface area contributed by atoms with Crippen molar-refractivity contribution in [2.45, 2.75) is 20.3 Å². The molecule has 0 spiro atoms. The third kappa shape index (κ3) is 3.22. The van der Waals surface area contributed by atoms with Gasteiger partial charge in [0.25, 0.3) is 5.91 Å². The highest BCUT2D eigenvalue weighted by Crippen LogP contribution is 2.12. The predicted molar refractivity (Wildman–Crippen MR) is 92.3 cm³/mol. The van der Waals surface area contributed by atoms with Gasteiger partial charge in [-0.3, -0.25) is 9.48 Å². The molecule has 2 aromatic heterocycles. The van der Waals surface area contributed by atoms with Gasteiger partial charge in [0.15, 0.2) is 0 Å². The standard InChI is InChI=1S/C18H21N5O/c1-13-17(14(2)22(3)21-13)9-11-19-18(24)15-5-7-16(8-6-15)23-12-4-10-20-23/h4-8,10,12H,9,11H2,1-3H3,(H,19,24). The van der Waals surface area contributed by atoms with Crippen LogP contribution >= 0.6 is 0 Å². The average Bonchev–Trinajstić information content (AvgIpc) is 3.19. The molecule has 0 saturated heterocycles. The zero-order chi connectivity index (χ0) is 17.1. The zero-order valence-corrected chi connectivity index (χ0v) is 14.2. The van der Waals surface area contributed by atoms with Crippen molar-refractivity contribution in [3.63, 3.8) is 0 Å². The van der Waals surface area contributed by atoms with Crippen LogP contribution in [0.3, 0.4) is 0 Å². The lowest BCUT2D eigenvalue weighted by atomic mass is 10.1. The van der Waals surface area contributed by atoms with Crippen molar-refractivity contribution in [1.82, 2.24) is 24.9 Å². The van der Waals surface area contributed by atoms with E-state index in [1.165, 1.54) is 5.56 Å². The number of aryl methyl sites for hydroxylation is 2. The first kappa shape index (κ1) is 16.0. The molecule has 0 aliphatic heterocycles. The molecular weight excluding hydrogens is 302 g/mol. The molecule has 0 fully saturated rings. The smallest absolute Gasteiger partial charge is 0.251 e. The summed E-state index contributed by atoms with van der Waals surface area (Å²) in [6.45, 7) is 4.64. The van der Waals surface area contributed by atoms with Gasteiger partial charge in [-0.15, -0.1) is 0 Å². The lowest BCUT2D eigenvalue weighted by molar-refractivity contribution is 0.0954. The van der Waals surface area contributed by atoms with Gasteiger partial charge in [-0.05, 0) is 56.2 Å². The van der Waals surface area contributed by atoms with Crippen LogP contribution in [0.15, 0.2) is 42.7 Å². The number of benzene rings is 1. The summed E-state index contributed by atoms with van der Waals surface area (Å²) in [6, 6.07) is 9.26. The quantitative estimate of drug-likeness (QED) is 0.783. The SMILES string of the molecule is Cc1nn(C)c(C)c1CCNC(=O)c1ccc(-n2cccn2)cc1. The van der Waals surface area contributed by atoms with E-state index in [0.717, 1.165) is 23.5 Å². The van der Waals surface area contributed by atoms with E-state index in [9.17, 15) is 4.79 Å². The maximum atomic E-state index is 12.3. The number of aromatic nitrogens is 4. The number of nitrogens with one attached hydrogen (secondary N) is 1. The molecule has 0 aliphatic carbocycles. The van der Waals surface area contributed by atoms with Crippen molar-refractivity contribution in [2.24, 2.45) is 7.05 Å². The minimum Gasteiger partial charge on any atom is -0.352 e. The van der Waals surface area contributed by atoms with Crippen molar-refractivity contribution in [1.29, 1.82) is 0 Å². The molecule has 6 nitrogen and oxygen atoms in total.